The van der Waals surface area contributed by atoms with E-state index >= 15 is 0 Å². The van der Waals surface area contributed by atoms with Crippen LogP contribution in [0.5, 0.6) is 0 Å². The lowest BCUT2D eigenvalue weighted by Crippen LogP contribution is -2.32. The first kappa shape index (κ1) is 16.0. The Balaban J connectivity index is 1.94. The van der Waals surface area contributed by atoms with Crippen LogP contribution in [-0.4, -0.2) is 17.6 Å². The average Bonchev–Trinajstić information content (AvgIpc) is 2.51. The van der Waals surface area contributed by atoms with Crippen LogP contribution < -0.4 is 5.32 Å². The topological polar surface area (TPSA) is 24.9 Å². The fourth-order valence-electron chi connectivity index (χ4n) is 2.44. The summed E-state index contributed by atoms with van der Waals surface area (Å²) in [6.45, 7) is 3.25. The van der Waals surface area contributed by atoms with Crippen LogP contribution in [0.4, 0.5) is 0 Å². The van der Waals surface area contributed by atoms with Crippen molar-refractivity contribution in [3.05, 3.63) is 64.9 Å². The standard InChI is InChI=1S/C18H23ClN2/c1-2-11-20-18(10-9-17-8-3-4-12-21-17)14-15-6-5-7-16(19)13-15/h3-8,12-13,18,20H,2,9-11,14H2,1H3. The first-order valence-corrected chi connectivity index (χ1v) is 8.03. The highest BCUT2D eigenvalue weighted by Crippen LogP contribution is 2.14. The van der Waals surface area contributed by atoms with E-state index in [0.717, 1.165) is 42.9 Å². The third-order valence-electron chi connectivity index (χ3n) is 3.53. The summed E-state index contributed by atoms with van der Waals surface area (Å²) in [7, 11) is 0. The molecule has 0 spiro atoms. The molecule has 0 fully saturated rings. The molecule has 2 nitrogen and oxygen atoms in total. The summed E-state index contributed by atoms with van der Waals surface area (Å²) in [5.41, 5.74) is 2.45. The van der Waals surface area contributed by atoms with Gasteiger partial charge in [-0.15, -0.1) is 0 Å². The van der Waals surface area contributed by atoms with Gasteiger partial charge in [0.15, 0.2) is 0 Å². The largest absolute Gasteiger partial charge is 0.314 e. The van der Waals surface area contributed by atoms with Gasteiger partial charge in [0.2, 0.25) is 0 Å². The smallest absolute Gasteiger partial charge is 0.0408 e. The molecule has 0 aliphatic rings. The van der Waals surface area contributed by atoms with E-state index in [1.807, 2.05) is 30.5 Å². The van der Waals surface area contributed by atoms with Crippen molar-refractivity contribution >= 4 is 11.6 Å². The first-order chi connectivity index (χ1) is 10.3. The van der Waals surface area contributed by atoms with E-state index in [4.69, 9.17) is 11.6 Å². The van der Waals surface area contributed by atoms with Crippen LogP contribution in [0.25, 0.3) is 0 Å². The van der Waals surface area contributed by atoms with Crippen LogP contribution in [0.2, 0.25) is 5.02 Å². The summed E-state index contributed by atoms with van der Waals surface area (Å²) in [6, 6.07) is 14.7. The molecule has 0 saturated heterocycles. The minimum atomic E-state index is 0.463. The summed E-state index contributed by atoms with van der Waals surface area (Å²) in [4.78, 5) is 4.40. The van der Waals surface area contributed by atoms with Crippen molar-refractivity contribution in [1.82, 2.24) is 10.3 Å². The third-order valence-corrected chi connectivity index (χ3v) is 3.76. The number of benzene rings is 1. The zero-order valence-corrected chi connectivity index (χ0v) is 13.3. The summed E-state index contributed by atoms with van der Waals surface area (Å²) >= 11 is 6.08. The summed E-state index contributed by atoms with van der Waals surface area (Å²) < 4.78 is 0. The van der Waals surface area contributed by atoms with Gasteiger partial charge in [-0.1, -0.05) is 36.7 Å². The Hall–Kier alpha value is -1.38. The average molecular weight is 303 g/mol. The van der Waals surface area contributed by atoms with Crippen LogP contribution >= 0.6 is 11.6 Å². The molecule has 1 atom stereocenters. The van der Waals surface area contributed by atoms with Crippen molar-refractivity contribution in [3.8, 4) is 0 Å². The predicted molar refractivity (Wildman–Crippen MR) is 89.8 cm³/mol. The van der Waals surface area contributed by atoms with Crippen LogP contribution in [0.3, 0.4) is 0 Å². The minimum Gasteiger partial charge on any atom is -0.314 e. The molecule has 0 aliphatic heterocycles. The maximum atomic E-state index is 6.08. The molecule has 1 N–H and O–H groups in total. The van der Waals surface area contributed by atoms with Gasteiger partial charge in [0.1, 0.15) is 0 Å². The van der Waals surface area contributed by atoms with Crippen molar-refractivity contribution in [2.24, 2.45) is 0 Å². The quantitative estimate of drug-likeness (QED) is 0.787. The molecule has 3 heteroatoms. The molecule has 0 radical (unpaired) electrons. The minimum absolute atomic E-state index is 0.463. The van der Waals surface area contributed by atoms with Crippen LogP contribution in [-0.2, 0) is 12.8 Å². The van der Waals surface area contributed by atoms with Gasteiger partial charge >= 0.3 is 0 Å². The number of hydrogen-bond donors (Lipinski definition) is 1. The Morgan fingerprint density at radius 3 is 2.81 bits per heavy atom. The molecule has 0 saturated carbocycles. The van der Waals surface area contributed by atoms with Crippen LogP contribution in [0, 0.1) is 0 Å². The molecule has 112 valence electrons. The van der Waals surface area contributed by atoms with Gasteiger partial charge < -0.3 is 5.32 Å². The molecule has 1 aromatic carbocycles. The molecular weight excluding hydrogens is 280 g/mol. The van der Waals surface area contributed by atoms with E-state index in [9.17, 15) is 0 Å². The zero-order valence-electron chi connectivity index (χ0n) is 12.6. The monoisotopic (exact) mass is 302 g/mol. The van der Waals surface area contributed by atoms with Gasteiger partial charge in [-0.3, -0.25) is 4.98 Å². The molecule has 1 heterocycles. The Morgan fingerprint density at radius 2 is 2.10 bits per heavy atom. The van der Waals surface area contributed by atoms with Crippen molar-refractivity contribution < 1.29 is 0 Å². The number of nitrogens with one attached hydrogen (secondary N) is 1. The molecular formula is C18H23ClN2. The number of aryl methyl sites for hydroxylation is 1. The zero-order chi connectivity index (χ0) is 14.9. The molecule has 1 aromatic heterocycles. The highest BCUT2D eigenvalue weighted by Gasteiger charge is 2.10. The lowest BCUT2D eigenvalue weighted by Gasteiger charge is -2.18. The van der Waals surface area contributed by atoms with Crippen molar-refractivity contribution in [2.75, 3.05) is 6.54 Å². The predicted octanol–water partition coefficient (Wildman–Crippen LogP) is 4.28. The second-order valence-electron chi connectivity index (χ2n) is 5.34. The first-order valence-electron chi connectivity index (χ1n) is 7.65. The normalized spacial score (nSPS) is 12.3. The number of rotatable bonds is 8. The maximum absolute atomic E-state index is 6.08. The fourth-order valence-corrected chi connectivity index (χ4v) is 2.65. The maximum Gasteiger partial charge on any atom is 0.0408 e. The molecule has 1 unspecified atom stereocenters. The summed E-state index contributed by atoms with van der Waals surface area (Å²) in [6.07, 6.45) is 6.11. The van der Waals surface area contributed by atoms with Gasteiger partial charge in [-0.05, 0) is 62.1 Å². The van der Waals surface area contributed by atoms with E-state index in [-0.39, 0.29) is 0 Å². The second kappa shape index (κ2) is 8.81. The lowest BCUT2D eigenvalue weighted by atomic mass is 10.0. The lowest BCUT2D eigenvalue weighted by molar-refractivity contribution is 0.475. The number of pyridine rings is 1. The summed E-state index contributed by atoms with van der Waals surface area (Å²) in [5.74, 6) is 0. The highest BCUT2D eigenvalue weighted by molar-refractivity contribution is 6.30. The van der Waals surface area contributed by atoms with E-state index in [2.05, 4.69) is 35.4 Å². The number of hydrogen-bond acceptors (Lipinski definition) is 2. The Bertz CT molecular complexity index is 528. The fraction of sp³-hybridized carbons (Fsp3) is 0.389. The van der Waals surface area contributed by atoms with E-state index < -0.39 is 0 Å². The molecule has 2 aromatic rings. The third kappa shape index (κ3) is 5.86. The molecule has 0 aliphatic carbocycles. The van der Waals surface area contributed by atoms with Crippen LogP contribution in [0.15, 0.2) is 48.7 Å². The Morgan fingerprint density at radius 1 is 1.19 bits per heavy atom. The van der Waals surface area contributed by atoms with Gasteiger partial charge in [0, 0.05) is 23.0 Å². The highest BCUT2D eigenvalue weighted by atomic mass is 35.5. The van der Waals surface area contributed by atoms with Gasteiger partial charge in [-0.25, -0.2) is 0 Å². The van der Waals surface area contributed by atoms with Crippen molar-refractivity contribution in [1.29, 1.82) is 0 Å². The van der Waals surface area contributed by atoms with Gasteiger partial charge in [-0.2, -0.15) is 0 Å². The molecule has 0 amide bonds. The summed E-state index contributed by atoms with van der Waals surface area (Å²) in [5, 5.41) is 4.45. The molecule has 21 heavy (non-hydrogen) atoms. The van der Waals surface area contributed by atoms with E-state index in [1.165, 1.54) is 5.56 Å². The van der Waals surface area contributed by atoms with Gasteiger partial charge in [0.25, 0.3) is 0 Å². The molecule has 0 bridgehead atoms. The van der Waals surface area contributed by atoms with E-state index in [0.29, 0.717) is 6.04 Å². The molecule has 2 rings (SSSR count). The number of aromatic nitrogens is 1. The Labute approximate surface area is 132 Å². The van der Waals surface area contributed by atoms with Gasteiger partial charge in [0.05, 0.1) is 0 Å². The van der Waals surface area contributed by atoms with Crippen molar-refractivity contribution in [2.45, 2.75) is 38.6 Å². The van der Waals surface area contributed by atoms with Crippen LogP contribution in [0.1, 0.15) is 31.0 Å². The number of nitrogens with zero attached hydrogens (tertiary/aromatic N) is 1. The SMILES string of the molecule is CCCNC(CCc1ccccn1)Cc1cccc(Cl)c1. The van der Waals surface area contributed by atoms with Crippen molar-refractivity contribution in [3.63, 3.8) is 0 Å². The second-order valence-corrected chi connectivity index (χ2v) is 5.78. The van der Waals surface area contributed by atoms with E-state index in [1.54, 1.807) is 0 Å². The Kier molecular flexibility index (Phi) is 6.71. The number of halogens is 1.